The average molecular weight is 291 g/mol. The molecular formula is C15H17NO5. The fourth-order valence-corrected chi connectivity index (χ4v) is 2.04. The van der Waals surface area contributed by atoms with Crippen LogP contribution in [0.3, 0.4) is 0 Å². The summed E-state index contributed by atoms with van der Waals surface area (Å²) in [5.74, 6) is -0.712. The average Bonchev–Trinajstić information content (AvgIpc) is 2.75. The molecule has 112 valence electrons. The monoisotopic (exact) mass is 291 g/mol. The molecule has 0 radical (unpaired) electrons. The number of nitrogens with zero attached hydrogens (tertiary/aromatic N) is 1. The van der Waals surface area contributed by atoms with Crippen LogP contribution in [0.1, 0.15) is 31.3 Å². The molecule has 6 heteroatoms. The van der Waals surface area contributed by atoms with Crippen molar-refractivity contribution in [3.8, 4) is 5.75 Å². The number of carbonyl (C=O) groups excluding carboxylic acids is 1. The van der Waals surface area contributed by atoms with Gasteiger partial charge in [-0.25, -0.2) is 14.2 Å². The molecule has 0 aliphatic carbocycles. The Morgan fingerprint density at radius 2 is 1.90 bits per heavy atom. The normalized spacial score (nSPS) is 11.4. The molecule has 1 aromatic heterocycles. The van der Waals surface area contributed by atoms with Crippen molar-refractivity contribution >= 4 is 23.0 Å². The molecule has 2 aromatic rings. The minimum atomic E-state index is -1.21. The van der Waals surface area contributed by atoms with Crippen LogP contribution in [0.4, 0.5) is 4.79 Å². The van der Waals surface area contributed by atoms with E-state index in [1.54, 1.807) is 39.0 Å². The van der Waals surface area contributed by atoms with Gasteiger partial charge < -0.3 is 14.6 Å². The zero-order valence-electron chi connectivity index (χ0n) is 12.3. The van der Waals surface area contributed by atoms with Crippen molar-refractivity contribution in [1.29, 1.82) is 0 Å². The summed E-state index contributed by atoms with van der Waals surface area (Å²) >= 11 is 0. The molecule has 0 spiro atoms. The van der Waals surface area contributed by atoms with Crippen molar-refractivity contribution in [1.82, 2.24) is 4.57 Å². The van der Waals surface area contributed by atoms with Gasteiger partial charge in [-0.2, -0.15) is 0 Å². The molecule has 1 aromatic carbocycles. The molecule has 0 amide bonds. The third-order valence-electron chi connectivity index (χ3n) is 2.82. The van der Waals surface area contributed by atoms with Gasteiger partial charge in [0.25, 0.3) is 0 Å². The maximum absolute atomic E-state index is 12.3. The maximum Gasteiger partial charge on any atom is 0.419 e. The van der Waals surface area contributed by atoms with Gasteiger partial charge in [0.2, 0.25) is 0 Å². The highest BCUT2D eigenvalue weighted by Gasteiger charge is 2.25. The van der Waals surface area contributed by atoms with Gasteiger partial charge in [0.15, 0.2) is 0 Å². The fraction of sp³-hybridized carbons (Fsp3) is 0.333. The van der Waals surface area contributed by atoms with Crippen molar-refractivity contribution in [2.75, 3.05) is 7.11 Å². The topological polar surface area (TPSA) is 77.8 Å². The van der Waals surface area contributed by atoms with Gasteiger partial charge in [0, 0.05) is 5.39 Å². The largest absolute Gasteiger partial charge is 0.496 e. The standard InChI is InChI=1S/C15H17NO5/c1-15(2,3)21-14(19)16-10-6-5-7-12(20-4)9(10)8-11(16)13(17)18/h5-8H,1-4H3,(H,17,18). The zero-order chi connectivity index (χ0) is 15.8. The molecule has 0 fully saturated rings. The molecule has 0 bridgehead atoms. The molecular weight excluding hydrogens is 274 g/mol. The summed E-state index contributed by atoms with van der Waals surface area (Å²) in [6.07, 6.45) is -0.733. The van der Waals surface area contributed by atoms with E-state index in [0.717, 1.165) is 4.57 Å². The third kappa shape index (κ3) is 2.84. The van der Waals surface area contributed by atoms with E-state index in [1.807, 2.05) is 0 Å². The Kier molecular flexibility index (Phi) is 3.63. The lowest BCUT2D eigenvalue weighted by molar-refractivity contribution is 0.0513. The number of rotatable bonds is 2. The maximum atomic E-state index is 12.3. The Morgan fingerprint density at radius 1 is 1.24 bits per heavy atom. The minimum Gasteiger partial charge on any atom is -0.496 e. The van der Waals surface area contributed by atoms with E-state index in [4.69, 9.17) is 9.47 Å². The van der Waals surface area contributed by atoms with Crippen molar-refractivity contribution in [2.45, 2.75) is 26.4 Å². The van der Waals surface area contributed by atoms with Crippen LogP contribution in [0.15, 0.2) is 24.3 Å². The quantitative estimate of drug-likeness (QED) is 0.919. The molecule has 0 aliphatic rings. The van der Waals surface area contributed by atoms with Gasteiger partial charge in [-0.3, -0.25) is 0 Å². The van der Waals surface area contributed by atoms with E-state index < -0.39 is 17.7 Å². The number of ether oxygens (including phenoxy) is 2. The summed E-state index contributed by atoms with van der Waals surface area (Å²) in [5, 5.41) is 9.85. The van der Waals surface area contributed by atoms with Crippen LogP contribution in [-0.2, 0) is 4.74 Å². The van der Waals surface area contributed by atoms with Crippen LogP contribution < -0.4 is 4.74 Å². The van der Waals surface area contributed by atoms with Crippen molar-refractivity contribution < 1.29 is 24.2 Å². The second-order valence-electron chi connectivity index (χ2n) is 5.54. The molecule has 0 saturated carbocycles. The second-order valence-corrected chi connectivity index (χ2v) is 5.54. The number of aromatic carboxylic acids is 1. The summed E-state index contributed by atoms with van der Waals surface area (Å²) in [5.41, 5.74) is -0.452. The number of carboxylic acid groups (broad SMARTS) is 1. The number of aromatic nitrogens is 1. The lowest BCUT2D eigenvalue weighted by Crippen LogP contribution is -2.28. The molecule has 0 aliphatic heterocycles. The molecule has 21 heavy (non-hydrogen) atoms. The first-order valence-electron chi connectivity index (χ1n) is 6.39. The molecule has 0 saturated heterocycles. The van der Waals surface area contributed by atoms with Gasteiger partial charge >= 0.3 is 12.1 Å². The van der Waals surface area contributed by atoms with Crippen LogP contribution in [-0.4, -0.2) is 34.4 Å². The molecule has 6 nitrogen and oxygen atoms in total. The van der Waals surface area contributed by atoms with Crippen LogP contribution in [0.25, 0.3) is 10.9 Å². The van der Waals surface area contributed by atoms with Crippen LogP contribution in [0.5, 0.6) is 5.75 Å². The summed E-state index contributed by atoms with van der Waals surface area (Å²) in [6, 6.07) is 6.44. The van der Waals surface area contributed by atoms with Gasteiger partial charge in [-0.1, -0.05) is 6.07 Å². The van der Waals surface area contributed by atoms with E-state index in [-0.39, 0.29) is 5.69 Å². The Hall–Kier alpha value is -2.50. The fourth-order valence-electron chi connectivity index (χ4n) is 2.04. The van der Waals surface area contributed by atoms with Crippen LogP contribution >= 0.6 is 0 Å². The number of benzene rings is 1. The second kappa shape index (κ2) is 5.12. The Balaban J connectivity index is 2.68. The number of carboxylic acids is 1. The van der Waals surface area contributed by atoms with Crippen LogP contribution in [0.2, 0.25) is 0 Å². The highest BCUT2D eigenvalue weighted by Crippen LogP contribution is 2.29. The molecule has 0 atom stereocenters. The van der Waals surface area contributed by atoms with Crippen molar-refractivity contribution in [3.05, 3.63) is 30.0 Å². The summed E-state index contributed by atoms with van der Waals surface area (Å²) in [4.78, 5) is 23.7. The zero-order valence-corrected chi connectivity index (χ0v) is 12.3. The summed E-state index contributed by atoms with van der Waals surface area (Å²) in [6.45, 7) is 5.16. The van der Waals surface area contributed by atoms with Gasteiger partial charge in [0.1, 0.15) is 17.0 Å². The number of carbonyl (C=O) groups is 2. The van der Waals surface area contributed by atoms with Gasteiger partial charge in [-0.15, -0.1) is 0 Å². The van der Waals surface area contributed by atoms with Gasteiger partial charge in [-0.05, 0) is 39.0 Å². The SMILES string of the molecule is COc1cccc2c1cc(C(=O)O)n2C(=O)OC(C)(C)C. The van der Waals surface area contributed by atoms with E-state index >= 15 is 0 Å². The van der Waals surface area contributed by atoms with E-state index in [0.29, 0.717) is 16.7 Å². The minimum absolute atomic E-state index is 0.163. The Bertz CT molecular complexity index is 709. The predicted molar refractivity (Wildman–Crippen MR) is 77.1 cm³/mol. The number of hydrogen-bond acceptors (Lipinski definition) is 4. The summed E-state index contributed by atoms with van der Waals surface area (Å²) < 4.78 is 11.5. The number of hydrogen-bond donors (Lipinski definition) is 1. The molecule has 0 unspecified atom stereocenters. The Morgan fingerprint density at radius 3 is 2.43 bits per heavy atom. The molecule has 2 rings (SSSR count). The number of methoxy groups -OCH3 is 1. The van der Waals surface area contributed by atoms with Crippen molar-refractivity contribution in [2.24, 2.45) is 0 Å². The lowest BCUT2D eigenvalue weighted by atomic mass is 10.2. The third-order valence-corrected chi connectivity index (χ3v) is 2.82. The molecule has 1 N–H and O–H groups in total. The summed E-state index contributed by atoms with van der Waals surface area (Å²) in [7, 11) is 1.49. The highest BCUT2D eigenvalue weighted by atomic mass is 16.6. The number of fused-ring (bicyclic) bond motifs is 1. The van der Waals surface area contributed by atoms with E-state index in [2.05, 4.69) is 0 Å². The van der Waals surface area contributed by atoms with Crippen molar-refractivity contribution in [3.63, 3.8) is 0 Å². The first-order chi connectivity index (χ1) is 9.74. The highest BCUT2D eigenvalue weighted by molar-refractivity contribution is 6.02. The first kappa shape index (κ1) is 14.9. The smallest absolute Gasteiger partial charge is 0.419 e. The predicted octanol–water partition coefficient (Wildman–Crippen LogP) is 3.13. The van der Waals surface area contributed by atoms with Crippen LogP contribution in [0, 0.1) is 0 Å². The Labute approximate surface area is 121 Å². The molecule has 1 heterocycles. The van der Waals surface area contributed by atoms with E-state index in [9.17, 15) is 14.7 Å². The first-order valence-corrected chi connectivity index (χ1v) is 6.39. The lowest BCUT2D eigenvalue weighted by Gasteiger charge is -2.20. The van der Waals surface area contributed by atoms with Gasteiger partial charge in [0.05, 0.1) is 12.6 Å². The van der Waals surface area contributed by atoms with E-state index in [1.165, 1.54) is 13.2 Å².